The highest BCUT2D eigenvalue weighted by molar-refractivity contribution is 7.84. The Morgan fingerprint density at radius 1 is 1.07 bits per heavy atom. The smallest absolute Gasteiger partial charge is 0.260 e. The van der Waals surface area contributed by atoms with Crippen molar-refractivity contribution in [2.75, 3.05) is 17.4 Å². The Kier molecular flexibility index (Phi) is 6.02. The van der Waals surface area contributed by atoms with Crippen molar-refractivity contribution in [1.82, 2.24) is 0 Å². The standard InChI is InChI=1S/C7H10ClF5OS/c8-3-1-4-15(14)5-2-6(9,10)7(11,12)13/h1-5H2/t15-/m0/s1. The average Bonchev–Trinajstić information content (AvgIpc) is 2.09. The van der Waals surface area contributed by atoms with Crippen molar-refractivity contribution in [2.45, 2.75) is 24.9 Å². The molecule has 0 saturated carbocycles. The van der Waals surface area contributed by atoms with Crippen molar-refractivity contribution in [1.29, 1.82) is 0 Å². The number of hydrogen-bond acceptors (Lipinski definition) is 1. The lowest BCUT2D eigenvalue weighted by Crippen LogP contribution is -2.37. The van der Waals surface area contributed by atoms with E-state index in [9.17, 15) is 26.2 Å². The molecule has 1 nitrogen and oxygen atoms in total. The summed E-state index contributed by atoms with van der Waals surface area (Å²) < 4.78 is 70.6. The lowest BCUT2D eigenvalue weighted by Gasteiger charge is -2.18. The predicted octanol–water partition coefficient (Wildman–Crippen LogP) is 2.95. The van der Waals surface area contributed by atoms with E-state index in [4.69, 9.17) is 11.6 Å². The second-order valence-corrected chi connectivity index (χ2v) is 4.92. The Morgan fingerprint density at radius 3 is 2.00 bits per heavy atom. The molecule has 0 aliphatic rings. The molecule has 0 unspecified atom stereocenters. The van der Waals surface area contributed by atoms with Crippen LogP contribution in [0.15, 0.2) is 0 Å². The molecule has 0 radical (unpaired) electrons. The van der Waals surface area contributed by atoms with Gasteiger partial charge in [0, 0.05) is 34.6 Å². The van der Waals surface area contributed by atoms with Gasteiger partial charge in [-0.3, -0.25) is 4.21 Å². The van der Waals surface area contributed by atoms with Crippen LogP contribution in [0.5, 0.6) is 0 Å². The van der Waals surface area contributed by atoms with Gasteiger partial charge in [-0.2, -0.15) is 22.0 Å². The van der Waals surface area contributed by atoms with Gasteiger partial charge in [-0.25, -0.2) is 0 Å². The van der Waals surface area contributed by atoms with E-state index in [0.717, 1.165) is 0 Å². The van der Waals surface area contributed by atoms with Crippen LogP contribution in [-0.2, 0) is 10.8 Å². The summed E-state index contributed by atoms with van der Waals surface area (Å²) in [6.45, 7) is 0. The summed E-state index contributed by atoms with van der Waals surface area (Å²) >= 11 is 5.25. The minimum atomic E-state index is -5.57. The van der Waals surface area contributed by atoms with Crippen molar-refractivity contribution in [2.24, 2.45) is 0 Å². The molecule has 0 amide bonds. The predicted molar refractivity (Wildman–Crippen MR) is 48.8 cm³/mol. The second kappa shape index (κ2) is 5.98. The van der Waals surface area contributed by atoms with Crippen LogP contribution in [0.1, 0.15) is 12.8 Å². The molecule has 15 heavy (non-hydrogen) atoms. The first-order valence-electron chi connectivity index (χ1n) is 4.06. The molecule has 0 aliphatic heterocycles. The molecule has 8 heteroatoms. The molecule has 0 N–H and O–H groups in total. The van der Waals surface area contributed by atoms with E-state index in [1.54, 1.807) is 0 Å². The Morgan fingerprint density at radius 2 is 1.60 bits per heavy atom. The van der Waals surface area contributed by atoms with Gasteiger partial charge in [0.25, 0.3) is 0 Å². The highest BCUT2D eigenvalue weighted by atomic mass is 35.5. The SMILES string of the molecule is O=[S@@](CCCCl)CCC(F)(F)C(F)(F)F. The number of rotatable bonds is 6. The van der Waals surface area contributed by atoms with Crippen LogP contribution in [-0.4, -0.2) is 33.7 Å². The van der Waals surface area contributed by atoms with Gasteiger partial charge >= 0.3 is 12.1 Å². The molecule has 0 aromatic heterocycles. The first kappa shape index (κ1) is 15.1. The highest BCUT2D eigenvalue weighted by Crippen LogP contribution is 2.37. The van der Waals surface area contributed by atoms with Crippen molar-refractivity contribution in [3.63, 3.8) is 0 Å². The van der Waals surface area contributed by atoms with Gasteiger partial charge in [0.1, 0.15) is 0 Å². The topological polar surface area (TPSA) is 17.1 Å². The van der Waals surface area contributed by atoms with Gasteiger partial charge in [0.2, 0.25) is 0 Å². The van der Waals surface area contributed by atoms with Crippen molar-refractivity contribution >= 4 is 22.4 Å². The van der Waals surface area contributed by atoms with Gasteiger partial charge in [-0.1, -0.05) is 0 Å². The van der Waals surface area contributed by atoms with Crippen LogP contribution in [0, 0.1) is 0 Å². The van der Waals surface area contributed by atoms with Crippen LogP contribution in [0.3, 0.4) is 0 Å². The lowest BCUT2D eigenvalue weighted by atomic mass is 10.2. The molecule has 0 aliphatic carbocycles. The molecule has 92 valence electrons. The zero-order valence-corrected chi connectivity index (χ0v) is 9.19. The summed E-state index contributed by atoms with van der Waals surface area (Å²) in [6, 6.07) is 0. The van der Waals surface area contributed by atoms with Crippen molar-refractivity contribution in [3.8, 4) is 0 Å². The maximum Gasteiger partial charge on any atom is 0.453 e. The van der Waals surface area contributed by atoms with Gasteiger partial charge < -0.3 is 0 Å². The fourth-order valence-corrected chi connectivity index (χ4v) is 2.15. The van der Waals surface area contributed by atoms with E-state index in [0.29, 0.717) is 6.42 Å². The monoisotopic (exact) mass is 272 g/mol. The van der Waals surface area contributed by atoms with E-state index in [2.05, 4.69) is 0 Å². The summed E-state index contributed by atoms with van der Waals surface area (Å²) in [5.41, 5.74) is 0. The molecular formula is C7H10ClF5OS. The van der Waals surface area contributed by atoms with E-state index >= 15 is 0 Å². The fourth-order valence-electron chi connectivity index (χ4n) is 0.701. The Balaban J connectivity index is 3.99. The quantitative estimate of drug-likeness (QED) is 0.537. The Bertz CT molecular complexity index is 218. The van der Waals surface area contributed by atoms with Gasteiger partial charge in [-0.05, 0) is 6.42 Å². The van der Waals surface area contributed by atoms with Crippen LogP contribution in [0.25, 0.3) is 0 Å². The first-order chi connectivity index (χ1) is 6.70. The van der Waals surface area contributed by atoms with Crippen LogP contribution in [0.2, 0.25) is 0 Å². The summed E-state index contributed by atoms with van der Waals surface area (Å²) in [5, 5.41) is 0. The molecule has 0 aromatic carbocycles. The van der Waals surface area contributed by atoms with Gasteiger partial charge in [-0.15, -0.1) is 11.6 Å². The summed E-state index contributed by atoms with van der Waals surface area (Å²) in [5.74, 6) is -5.16. The van der Waals surface area contributed by atoms with Crippen LogP contribution >= 0.6 is 11.6 Å². The molecular weight excluding hydrogens is 263 g/mol. The summed E-state index contributed by atoms with van der Waals surface area (Å²) in [6.07, 6.45) is -6.67. The number of hydrogen-bond donors (Lipinski definition) is 0. The van der Waals surface area contributed by atoms with E-state index < -0.39 is 35.1 Å². The molecule has 0 rings (SSSR count). The Labute approximate surface area is 91.4 Å². The van der Waals surface area contributed by atoms with Crippen molar-refractivity contribution in [3.05, 3.63) is 0 Å². The third-order valence-electron chi connectivity index (χ3n) is 1.56. The van der Waals surface area contributed by atoms with Gasteiger partial charge in [0.15, 0.2) is 0 Å². The first-order valence-corrected chi connectivity index (χ1v) is 6.08. The molecule has 0 bridgehead atoms. The Hall–Kier alpha value is 0.0900. The maximum absolute atomic E-state index is 12.3. The molecule has 1 atom stereocenters. The molecule has 0 heterocycles. The second-order valence-electron chi connectivity index (χ2n) is 2.84. The molecule has 0 fully saturated rings. The molecule has 0 aromatic rings. The minimum absolute atomic E-state index is 0.0530. The van der Waals surface area contributed by atoms with E-state index in [-0.39, 0.29) is 11.6 Å². The van der Waals surface area contributed by atoms with E-state index in [1.165, 1.54) is 0 Å². The third-order valence-corrected chi connectivity index (χ3v) is 3.23. The lowest BCUT2D eigenvalue weighted by molar-refractivity contribution is -0.282. The maximum atomic E-state index is 12.3. The number of alkyl halides is 6. The van der Waals surface area contributed by atoms with Crippen LogP contribution < -0.4 is 0 Å². The third kappa shape index (κ3) is 5.65. The molecule has 0 spiro atoms. The normalized spacial score (nSPS) is 15.3. The van der Waals surface area contributed by atoms with E-state index in [1.807, 2.05) is 0 Å². The average molecular weight is 273 g/mol. The van der Waals surface area contributed by atoms with Gasteiger partial charge in [0.05, 0.1) is 0 Å². The zero-order valence-electron chi connectivity index (χ0n) is 7.62. The minimum Gasteiger partial charge on any atom is -0.260 e. The highest BCUT2D eigenvalue weighted by Gasteiger charge is 2.56. The summed E-state index contributed by atoms with van der Waals surface area (Å²) in [7, 11) is -1.67. The van der Waals surface area contributed by atoms with Crippen LogP contribution in [0.4, 0.5) is 22.0 Å². The van der Waals surface area contributed by atoms with Crippen molar-refractivity contribution < 1.29 is 26.2 Å². The fraction of sp³-hybridized carbons (Fsp3) is 1.00. The number of halogens is 6. The largest absolute Gasteiger partial charge is 0.453 e. The molecule has 0 saturated heterocycles. The summed E-state index contributed by atoms with van der Waals surface area (Å²) in [4.78, 5) is 0. The zero-order chi connectivity index (χ0) is 12.1.